The summed E-state index contributed by atoms with van der Waals surface area (Å²) in [5.41, 5.74) is 1.30. The van der Waals surface area contributed by atoms with Crippen molar-refractivity contribution in [3.05, 3.63) is 59.1 Å². The van der Waals surface area contributed by atoms with E-state index < -0.39 is 10.0 Å². The number of hydrogen-bond acceptors (Lipinski definition) is 5. The molecule has 10 heteroatoms. The van der Waals surface area contributed by atoms with Crippen LogP contribution < -0.4 is 9.62 Å². The first-order chi connectivity index (χ1) is 15.3. The molecule has 1 aliphatic rings. The Hall–Kier alpha value is -2.62. The molecule has 8 nitrogen and oxygen atoms in total. The summed E-state index contributed by atoms with van der Waals surface area (Å²) in [6.07, 6.45) is 1.50. The lowest BCUT2D eigenvalue weighted by Gasteiger charge is -2.27. The van der Waals surface area contributed by atoms with Crippen LogP contribution in [0.4, 0.5) is 11.4 Å². The Morgan fingerprint density at radius 2 is 1.84 bits per heavy atom. The number of hydrogen-bond donors (Lipinski definition) is 1. The number of benzene rings is 2. The molecule has 1 heterocycles. The molecule has 0 aliphatic carbocycles. The summed E-state index contributed by atoms with van der Waals surface area (Å²) in [5.74, 6) is -0.458. The number of rotatable bonds is 8. The van der Waals surface area contributed by atoms with E-state index in [9.17, 15) is 18.0 Å². The van der Waals surface area contributed by atoms with E-state index in [1.165, 1.54) is 4.31 Å². The molecule has 0 saturated carbocycles. The fourth-order valence-corrected chi connectivity index (χ4v) is 4.57. The van der Waals surface area contributed by atoms with E-state index in [0.29, 0.717) is 54.7 Å². The molecule has 1 aliphatic heterocycles. The zero-order chi connectivity index (χ0) is 23.1. The normalized spacial score (nSPS) is 14.1. The molecule has 3 rings (SSSR count). The molecular weight excluding hydrogens is 454 g/mol. The molecule has 2 amide bonds. The molecule has 0 aromatic heterocycles. The standard InChI is InChI=1S/C22H26ClN3O5S/c1-32(29,30)26(18-7-4-6-17(23)16-18)11-5-10-21(27)24-20-9-3-2-8-19(20)22(28)25-12-14-31-15-13-25/h2-4,6-9,16H,5,10-15H2,1H3,(H,24,27). The van der Waals surface area contributed by atoms with Crippen LogP contribution in [0.15, 0.2) is 48.5 Å². The number of carbonyl (C=O) groups excluding carboxylic acids is 2. The van der Waals surface area contributed by atoms with Gasteiger partial charge in [0.2, 0.25) is 15.9 Å². The van der Waals surface area contributed by atoms with Gasteiger partial charge in [-0.3, -0.25) is 13.9 Å². The van der Waals surface area contributed by atoms with Gasteiger partial charge in [0.1, 0.15) is 0 Å². The SMILES string of the molecule is CS(=O)(=O)N(CCCC(=O)Nc1ccccc1C(=O)N1CCOCC1)c1cccc(Cl)c1. The molecule has 0 bridgehead atoms. The third-order valence-electron chi connectivity index (χ3n) is 4.99. The van der Waals surface area contributed by atoms with Crippen LogP contribution in [-0.4, -0.2) is 64.2 Å². The van der Waals surface area contributed by atoms with Crippen molar-refractivity contribution in [1.29, 1.82) is 0 Å². The lowest BCUT2D eigenvalue weighted by Crippen LogP contribution is -2.41. The Bertz CT molecular complexity index is 1070. The topological polar surface area (TPSA) is 96.0 Å². The quantitative estimate of drug-likeness (QED) is 0.628. The van der Waals surface area contributed by atoms with Crippen LogP contribution in [0.5, 0.6) is 0 Å². The second-order valence-corrected chi connectivity index (χ2v) is 9.76. The molecule has 2 aromatic rings. The molecule has 32 heavy (non-hydrogen) atoms. The van der Waals surface area contributed by atoms with Crippen molar-refractivity contribution in [2.45, 2.75) is 12.8 Å². The number of anilines is 2. The van der Waals surface area contributed by atoms with E-state index in [0.717, 1.165) is 6.26 Å². The fourth-order valence-electron chi connectivity index (χ4n) is 3.43. The highest BCUT2D eigenvalue weighted by molar-refractivity contribution is 7.92. The zero-order valence-corrected chi connectivity index (χ0v) is 19.4. The number of amides is 2. The molecule has 1 N–H and O–H groups in total. The van der Waals surface area contributed by atoms with Crippen LogP contribution in [-0.2, 0) is 19.6 Å². The van der Waals surface area contributed by atoms with Crippen LogP contribution >= 0.6 is 11.6 Å². The molecule has 1 saturated heterocycles. The van der Waals surface area contributed by atoms with Crippen molar-refractivity contribution in [2.24, 2.45) is 0 Å². The van der Waals surface area contributed by atoms with Crippen LogP contribution in [0, 0.1) is 0 Å². The first-order valence-corrected chi connectivity index (χ1v) is 12.5. The summed E-state index contributed by atoms with van der Waals surface area (Å²) >= 11 is 5.99. The highest BCUT2D eigenvalue weighted by Gasteiger charge is 2.22. The second kappa shape index (κ2) is 10.8. The summed E-state index contributed by atoms with van der Waals surface area (Å²) in [5, 5.41) is 3.21. The molecular formula is C22H26ClN3O5S. The summed E-state index contributed by atoms with van der Waals surface area (Å²) in [4.78, 5) is 27.1. The van der Waals surface area contributed by atoms with E-state index in [4.69, 9.17) is 16.3 Å². The number of nitrogens with zero attached hydrogens (tertiary/aromatic N) is 2. The first kappa shape index (κ1) is 24.0. The maximum atomic E-state index is 12.8. The van der Waals surface area contributed by atoms with Gasteiger partial charge in [-0.15, -0.1) is 0 Å². The van der Waals surface area contributed by atoms with E-state index in [1.54, 1.807) is 53.4 Å². The van der Waals surface area contributed by atoms with Gasteiger partial charge in [0.15, 0.2) is 0 Å². The number of morpholine rings is 1. The van der Waals surface area contributed by atoms with Crippen LogP contribution in [0.2, 0.25) is 5.02 Å². The van der Waals surface area contributed by atoms with Crippen molar-refractivity contribution in [2.75, 3.05) is 48.7 Å². The molecule has 0 atom stereocenters. The van der Waals surface area contributed by atoms with Gasteiger partial charge < -0.3 is 15.0 Å². The van der Waals surface area contributed by atoms with Gasteiger partial charge >= 0.3 is 0 Å². The number of halogens is 1. The van der Waals surface area contributed by atoms with Gasteiger partial charge in [-0.05, 0) is 36.8 Å². The maximum absolute atomic E-state index is 12.8. The van der Waals surface area contributed by atoms with Gasteiger partial charge in [-0.25, -0.2) is 8.42 Å². The second-order valence-electron chi connectivity index (χ2n) is 7.42. The van der Waals surface area contributed by atoms with E-state index >= 15 is 0 Å². The average molecular weight is 480 g/mol. The van der Waals surface area contributed by atoms with Gasteiger partial charge in [0, 0.05) is 31.1 Å². The highest BCUT2D eigenvalue weighted by Crippen LogP contribution is 2.23. The third-order valence-corrected chi connectivity index (χ3v) is 6.42. The predicted octanol–water partition coefficient (Wildman–Crippen LogP) is 3.00. The Balaban J connectivity index is 1.62. The lowest BCUT2D eigenvalue weighted by atomic mass is 10.1. The minimum Gasteiger partial charge on any atom is -0.378 e. The molecule has 0 radical (unpaired) electrons. The number of nitrogens with one attached hydrogen (secondary N) is 1. The lowest BCUT2D eigenvalue weighted by molar-refractivity contribution is -0.116. The molecule has 0 unspecified atom stereocenters. The zero-order valence-electron chi connectivity index (χ0n) is 17.8. The highest BCUT2D eigenvalue weighted by atomic mass is 35.5. The average Bonchev–Trinajstić information content (AvgIpc) is 2.76. The molecule has 1 fully saturated rings. The Kier molecular flexibility index (Phi) is 8.11. The van der Waals surface area contributed by atoms with E-state index in [2.05, 4.69) is 5.32 Å². The smallest absolute Gasteiger partial charge is 0.256 e. The van der Waals surface area contributed by atoms with Crippen molar-refractivity contribution >= 4 is 44.8 Å². The summed E-state index contributed by atoms with van der Waals surface area (Å²) in [7, 11) is -3.54. The van der Waals surface area contributed by atoms with Crippen molar-refractivity contribution in [1.82, 2.24) is 4.90 Å². The number of para-hydroxylation sites is 1. The van der Waals surface area contributed by atoms with Gasteiger partial charge in [0.25, 0.3) is 5.91 Å². The van der Waals surface area contributed by atoms with Crippen LogP contribution in [0.1, 0.15) is 23.2 Å². The van der Waals surface area contributed by atoms with Gasteiger partial charge in [-0.2, -0.15) is 0 Å². The summed E-state index contributed by atoms with van der Waals surface area (Å²) < 4.78 is 30.9. The monoisotopic (exact) mass is 479 g/mol. The molecule has 0 spiro atoms. The van der Waals surface area contributed by atoms with Gasteiger partial charge in [0.05, 0.1) is 36.4 Å². The Morgan fingerprint density at radius 1 is 1.12 bits per heavy atom. The minimum atomic E-state index is -3.54. The minimum absolute atomic E-state index is 0.0899. The van der Waals surface area contributed by atoms with Crippen LogP contribution in [0.25, 0.3) is 0 Å². The maximum Gasteiger partial charge on any atom is 0.256 e. The Morgan fingerprint density at radius 3 is 2.53 bits per heavy atom. The summed E-state index contributed by atoms with van der Waals surface area (Å²) in [6, 6.07) is 13.4. The molecule has 172 valence electrons. The number of carbonyl (C=O) groups is 2. The van der Waals surface area contributed by atoms with E-state index in [-0.39, 0.29) is 24.8 Å². The van der Waals surface area contributed by atoms with Crippen molar-refractivity contribution in [3.8, 4) is 0 Å². The third kappa shape index (κ3) is 6.44. The van der Waals surface area contributed by atoms with Gasteiger partial charge in [-0.1, -0.05) is 29.8 Å². The predicted molar refractivity (Wildman–Crippen MR) is 125 cm³/mol. The van der Waals surface area contributed by atoms with E-state index in [1.807, 2.05) is 0 Å². The molecule has 2 aromatic carbocycles. The summed E-state index contributed by atoms with van der Waals surface area (Å²) in [6.45, 7) is 2.12. The number of sulfonamides is 1. The number of ether oxygens (including phenoxy) is 1. The van der Waals surface area contributed by atoms with Crippen molar-refractivity contribution < 1.29 is 22.7 Å². The largest absolute Gasteiger partial charge is 0.378 e. The fraction of sp³-hybridized carbons (Fsp3) is 0.364. The Labute approximate surface area is 193 Å². The van der Waals surface area contributed by atoms with Crippen LogP contribution in [0.3, 0.4) is 0 Å². The van der Waals surface area contributed by atoms with Crippen molar-refractivity contribution in [3.63, 3.8) is 0 Å². The first-order valence-electron chi connectivity index (χ1n) is 10.2.